The Morgan fingerprint density at radius 3 is 0.471 bits per heavy atom. The number of hydrogen-bond acceptors (Lipinski definition) is 5. The van der Waals surface area contributed by atoms with E-state index < -0.39 is 0 Å². The van der Waals surface area contributed by atoms with Crippen molar-refractivity contribution in [3.05, 3.63) is 0 Å². The van der Waals surface area contributed by atoms with E-state index in [2.05, 4.69) is 0 Å². The molecule has 17 heavy (non-hydrogen) atoms. The predicted octanol–water partition coefficient (Wildman–Crippen LogP) is -5.66. The van der Waals surface area contributed by atoms with Gasteiger partial charge in [-0.25, -0.2) is 0 Å². The largest absolute Gasteiger partial charge is 0 e. The molecule has 0 aromatic carbocycles. The quantitative estimate of drug-likeness (QED) is 0.253. The van der Waals surface area contributed by atoms with E-state index in [1.54, 1.807) is 0 Å². The van der Waals surface area contributed by atoms with Gasteiger partial charge < -0.3 is 0 Å². The van der Waals surface area contributed by atoms with Crippen LogP contribution in [0.15, 0.2) is 0 Å². The molecule has 3 radical (unpaired) electrons. The molecule has 0 heterocycles. The standard InChI is InChI=1S/5BHO2.La.Mg/c5*2-1-3;;/h5*2H;;. The second kappa shape index (κ2) is 136. The van der Waals surface area contributed by atoms with E-state index in [-0.39, 0.29) is 95.4 Å². The number of rotatable bonds is 0. The molecule has 0 fully saturated rings. The first-order valence-electron chi connectivity index (χ1n) is 2.47. The van der Waals surface area contributed by atoms with Gasteiger partial charge in [0.2, 0.25) is 0 Å². The first-order valence-corrected chi connectivity index (χ1v) is 2.47. The smallest absolute Gasteiger partial charge is 0 e. The zero-order chi connectivity index (χ0) is 13.5. The molecule has 0 aliphatic heterocycles. The average Bonchev–Trinajstić information content (AvgIpc) is 2.09. The van der Waals surface area contributed by atoms with Gasteiger partial charge in [-0.05, 0) is 0 Å². The van der Waals surface area contributed by atoms with Crippen LogP contribution in [-0.2, 0) is 23.5 Å². The van der Waals surface area contributed by atoms with E-state index in [1.165, 1.54) is 0 Å². The van der Waals surface area contributed by atoms with Crippen molar-refractivity contribution in [3.8, 4) is 0 Å². The normalized spacial score (nSPS) is 2.35. The van der Waals surface area contributed by atoms with Crippen molar-refractivity contribution < 1.29 is 84.2 Å². The Hall–Kier alpha value is 0.286. The summed E-state index contributed by atoms with van der Waals surface area (Å²) in [6.45, 7) is 0. The summed E-state index contributed by atoms with van der Waals surface area (Å²) in [5.41, 5.74) is 0. The van der Waals surface area contributed by atoms with Crippen LogP contribution in [0, 0.1) is 35.6 Å². The third-order valence-electron chi connectivity index (χ3n) is 0. The molecule has 0 bridgehead atoms. The van der Waals surface area contributed by atoms with E-state index in [0.717, 1.165) is 0 Å². The molecule has 85 valence electrons. The molecule has 0 atom stereocenters. The maximum Gasteiger partial charge on any atom is 0 e. The Labute approximate surface area is 143 Å². The van der Waals surface area contributed by atoms with Crippen LogP contribution in [0.3, 0.4) is 0 Å². The molecule has 0 aliphatic rings. The summed E-state index contributed by atoms with van der Waals surface area (Å²) >= 11 is 0. The summed E-state index contributed by atoms with van der Waals surface area (Å²) < 4.78 is 41.8. The Balaban J connectivity index is -0.0000000143. The van der Waals surface area contributed by atoms with Gasteiger partial charge in [-0.3, -0.25) is 0 Å². The van der Waals surface area contributed by atoms with E-state index in [0.29, 0.717) is 0 Å². The third kappa shape index (κ3) is 40700. The second-order valence-electron chi connectivity index (χ2n) is 0.527. The molecular formula is H5B5LaMgO10. The van der Waals surface area contributed by atoms with Crippen molar-refractivity contribution >= 4 is 59.8 Å². The van der Waals surface area contributed by atoms with Gasteiger partial charge in [0.05, 0.1) is 0 Å². The second-order valence-corrected chi connectivity index (χ2v) is 0.527. The Kier molecular flexibility index (Phi) is 347. The predicted molar refractivity (Wildman–Crippen MR) is 49.1 cm³/mol. The van der Waals surface area contributed by atoms with Crippen molar-refractivity contribution in [1.29, 1.82) is 0 Å². The van der Waals surface area contributed by atoms with Gasteiger partial charge >= 0.3 is 85.4 Å². The summed E-state index contributed by atoms with van der Waals surface area (Å²) in [6, 6.07) is 0. The molecule has 0 saturated carbocycles. The molecule has 0 amide bonds. The fourth-order valence-electron chi connectivity index (χ4n) is 0. The molecule has 0 spiro atoms. The average molecular weight is 382 g/mol. The fraction of sp³-hybridized carbons (Fsp3) is 0. The van der Waals surface area contributed by atoms with Crippen molar-refractivity contribution in [2.75, 3.05) is 0 Å². The van der Waals surface area contributed by atoms with Gasteiger partial charge in [-0.2, -0.15) is 0 Å². The summed E-state index contributed by atoms with van der Waals surface area (Å²) in [5.74, 6) is 0. The van der Waals surface area contributed by atoms with Crippen LogP contribution in [0.5, 0.6) is 0 Å². The maximum atomic E-state index is 8.36. The van der Waals surface area contributed by atoms with Gasteiger partial charge in [-0.1, -0.05) is 0 Å². The van der Waals surface area contributed by atoms with Gasteiger partial charge in [-0.15, -0.1) is 0 Å². The van der Waals surface area contributed by atoms with Crippen molar-refractivity contribution in [3.63, 3.8) is 0 Å². The zero-order valence-corrected chi connectivity index (χ0v) is 13.5. The zero-order valence-electron chi connectivity index (χ0n) is 8.45. The Morgan fingerprint density at radius 2 is 0.471 bits per heavy atom. The van der Waals surface area contributed by atoms with Crippen LogP contribution in [0.4, 0.5) is 0 Å². The van der Waals surface area contributed by atoms with Crippen LogP contribution in [0.2, 0.25) is 0 Å². The summed E-state index contributed by atoms with van der Waals surface area (Å²) in [7, 11) is -1.25. The fourth-order valence-corrected chi connectivity index (χ4v) is 0. The molecule has 0 aromatic heterocycles. The van der Waals surface area contributed by atoms with Crippen LogP contribution in [-0.4, -0.2) is 84.9 Å². The molecule has 0 rings (SSSR count). The molecule has 10 nitrogen and oxygen atoms in total. The minimum Gasteiger partial charge on any atom is 0 e. The monoisotopic (exact) mass is 383 g/mol. The van der Waals surface area contributed by atoms with Crippen LogP contribution in [0.1, 0.15) is 0 Å². The molecule has 17 heteroatoms. The van der Waals surface area contributed by atoms with E-state index in [9.17, 15) is 0 Å². The first-order chi connectivity index (χ1) is 7.07. The van der Waals surface area contributed by atoms with Gasteiger partial charge in [0.1, 0.15) is 0 Å². The van der Waals surface area contributed by atoms with Crippen molar-refractivity contribution in [1.82, 2.24) is 0 Å². The molecule has 0 aromatic rings. The van der Waals surface area contributed by atoms with Gasteiger partial charge in [0.25, 0.3) is 0 Å². The van der Waals surface area contributed by atoms with E-state index in [1.807, 2.05) is 0 Å². The molecule has 0 saturated heterocycles. The van der Waals surface area contributed by atoms with Crippen LogP contribution in [0.25, 0.3) is 0 Å². The molecule has 5 N–H and O–H groups in total. The first kappa shape index (κ1) is 43.3. The van der Waals surface area contributed by atoms with Crippen LogP contribution < -0.4 is 0 Å². The molecule has 0 aliphatic carbocycles. The molecular weight excluding hydrogens is 377 g/mol. The van der Waals surface area contributed by atoms with Crippen molar-refractivity contribution in [2.24, 2.45) is 0 Å². The molecule has 0 unspecified atom stereocenters. The maximum absolute atomic E-state index is 8.36. The van der Waals surface area contributed by atoms with Crippen LogP contribution >= 0.6 is 0 Å². The summed E-state index contributed by atoms with van der Waals surface area (Å²) in [6.07, 6.45) is 0. The summed E-state index contributed by atoms with van der Waals surface area (Å²) in [5, 5.41) is 34.4. The van der Waals surface area contributed by atoms with E-state index >= 15 is 0 Å². The minimum atomic E-state index is -0.250. The van der Waals surface area contributed by atoms with Gasteiger partial charge in [0, 0.05) is 58.7 Å². The number of hydrogen-bond donors (Lipinski definition) is 5. The third-order valence-corrected chi connectivity index (χ3v) is 0. The SMILES string of the molecule is O=BO.O=BO.O=BO.O=BO.O=BO.[La].[Mg]. The van der Waals surface area contributed by atoms with E-state index in [4.69, 9.17) is 48.6 Å². The Morgan fingerprint density at radius 1 is 0.471 bits per heavy atom. The Bertz CT molecular complexity index is 97.0. The minimum absolute atomic E-state index is 0. The summed E-state index contributed by atoms with van der Waals surface area (Å²) in [4.78, 5) is 0. The van der Waals surface area contributed by atoms with Gasteiger partial charge in [0.15, 0.2) is 0 Å². The van der Waals surface area contributed by atoms with Crippen molar-refractivity contribution in [2.45, 2.75) is 0 Å². The topological polar surface area (TPSA) is 186 Å².